The first-order chi connectivity index (χ1) is 9.67. The summed E-state index contributed by atoms with van der Waals surface area (Å²) in [6.45, 7) is 3.06. The summed E-state index contributed by atoms with van der Waals surface area (Å²) < 4.78 is 14.8. The Bertz CT molecular complexity index is 273. The molecule has 0 heterocycles. The van der Waals surface area contributed by atoms with Crippen molar-refractivity contribution < 1.29 is 34.2 Å². The van der Waals surface area contributed by atoms with Crippen molar-refractivity contribution in [2.75, 3.05) is 26.4 Å². The van der Waals surface area contributed by atoms with Crippen molar-refractivity contribution in [3.63, 3.8) is 0 Å². The number of unbranched alkanes of at least 4 members (excludes halogenated alkanes) is 1. The van der Waals surface area contributed by atoms with E-state index in [0.29, 0.717) is 0 Å². The minimum absolute atomic E-state index is 0.167. The molecule has 0 rings (SSSR count). The largest absolute Gasteiger partial charge is 0.469 e. The van der Waals surface area contributed by atoms with Gasteiger partial charge in [-0.15, -0.1) is 0 Å². The van der Waals surface area contributed by atoms with Crippen LogP contribution in [0.2, 0.25) is 0 Å². The van der Waals surface area contributed by atoms with Crippen molar-refractivity contribution in [2.45, 2.75) is 45.1 Å². The molecule has 1 atom stereocenters. The summed E-state index contributed by atoms with van der Waals surface area (Å²) in [6, 6.07) is 0. The molecule has 0 aromatic rings. The van der Waals surface area contributed by atoms with Crippen LogP contribution in [0.3, 0.4) is 0 Å². The van der Waals surface area contributed by atoms with E-state index in [2.05, 4.69) is 11.4 Å². The first-order valence-corrected chi connectivity index (χ1v) is 8.52. The second kappa shape index (κ2) is 12.5. The van der Waals surface area contributed by atoms with Gasteiger partial charge in [-0.1, -0.05) is 33.1 Å². The van der Waals surface area contributed by atoms with Crippen molar-refractivity contribution in [3.8, 4) is 0 Å². The standard InChI is InChI=1S/C8H19O4P.C4H11NO3/c1-3-5-6-8(4-2)7-12-13(9,10)11;5-4(1-6,2-7)3-8/h8H,3-7H2,1-2H3,(H2,9,10,11);6-8H,1-3,5H2. The smallest absolute Gasteiger partial charge is 0.394 e. The van der Waals surface area contributed by atoms with Gasteiger partial charge in [0.25, 0.3) is 0 Å². The first kappa shape index (κ1) is 23.2. The number of phosphoric acid groups is 1. The van der Waals surface area contributed by atoms with Gasteiger partial charge in [0.2, 0.25) is 0 Å². The monoisotopic (exact) mass is 331 g/mol. The summed E-state index contributed by atoms with van der Waals surface area (Å²) in [6.07, 6.45) is 4.07. The maximum atomic E-state index is 10.4. The highest BCUT2D eigenvalue weighted by molar-refractivity contribution is 7.46. The van der Waals surface area contributed by atoms with Crippen LogP contribution in [0.25, 0.3) is 0 Å². The van der Waals surface area contributed by atoms with Crippen LogP contribution < -0.4 is 5.73 Å². The van der Waals surface area contributed by atoms with E-state index in [9.17, 15) is 4.57 Å². The third kappa shape index (κ3) is 14.6. The van der Waals surface area contributed by atoms with Crippen LogP contribution in [-0.2, 0) is 9.09 Å². The number of aliphatic hydroxyl groups excluding tert-OH is 3. The molecule has 0 aromatic heterocycles. The van der Waals surface area contributed by atoms with Crippen molar-refractivity contribution >= 4 is 7.82 Å². The molecule has 0 fully saturated rings. The lowest BCUT2D eigenvalue weighted by Crippen LogP contribution is -2.50. The SMILES string of the molecule is CCCCC(CC)COP(=O)(O)O.NC(CO)(CO)CO. The van der Waals surface area contributed by atoms with Gasteiger partial charge in [0.15, 0.2) is 0 Å². The normalized spacial score (nSPS) is 13.5. The number of phosphoric ester groups is 1. The summed E-state index contributed by atoms with van der Waals surface area (Å²) in [5.74, 6) is 0.271. The zero-order valence-electron chi connectivity index (χ0n) is 12.8. The zero-order chi connectivity index (χ0) is 16.9. The number of aliphatic hydroxyl groups is 3. The topological polar surface area (TPSA) is 153 Å². The van der Waals surface area contributed by atoms with Crippen LogP contribution in [-0.4, -0.2) is 57.1 Å². The Labute approximate surface area is 126 Å². The van der Waals surface area contributed by atoms with E-state index in [1.54, 1.807) is 0 Å². The molecule has 130 valence electrons. The molecule has 0 aromatic carbocycles. The van der Waals surface area contributed by atoms with Gasteiger partial charge in [-0.05, 0) is 12.3 Å². The molecule has 0 aliphatic carbocycles. The van der Waals surface area contributed by atoms with Crippen molar-refractivity contribution in [1.82, 2.24) is 0 Å². The summed E-state index contributed by atoms with van der Waals surface area (Å²) in [7, 11) is -4.26. The van der Waals surface area contributed by atoms with Crippen molar-refractivity contribution in [3.05, 3.63) is 0 Å². The number of rotatable bonds is 10. The fraction of sp³-hybridized carbons (Fsp3) is 1.00. The maximum Gasteiger partial charge on any atom is 0.469 e. The average Bonchev–Trinajstić information content (AvgIpc) is 2.46. The fourth-order valence-corrected chi connectivity index (χ4v) is 1.66. The van der Waals surface area contributed by atoms with Gasteiger partial charge in [-0.3, -0.25) is 4.52 Å². The fourth-order valence-electron chi connectivity index (χ4n) is 1.25. The number of hydrogen-bond acceptors (Lipinski definition) is 6. The van der Waals surface area contributed by atoms with E-state index in [0.717, 1.165) is 25.7 Å². The molecule has 0 saturated heterocycles. The predicted molar refractivity (Wildman–Crippen MR) is 79.5 cm³/mol. The Morgan fingerprint density at radius 2 is 1.62 bits per heavy atom. The Hall–Kier alpha value is -0.0500. The second-order valence-corrected chi connectivity index (χ2v) is 6.28. The van der Waals surface area contributed by atoms with E-state index in [-0.39, 0.29) is 12.5 Å². The highest BCUT2D eigenvalue weighted by Crippen LogP contribution is 2.36. The van der Waals surface area contributed by atoms with Crippen LogP contribution in [0.15, 0.2) is 0 Å². The summed E-state index contributed by atoms with van der Waals surface area (Å²) >= 11 is 0. The molecule has 1 unspecified atom stereocenters. The Morgan fingerprint density at radius 3 is 1.86 bits per heavy atom. The summed E-state index contributed by atoms with van der Waals surface area (Å²) in [5, 5.41) is 25.0. The minimum atomic E-state index is -4.26. The highest BCUT2D eigenvalue weighted by atomic mass is 31.2. The molecular formula is C12H30NO7P. The van der Waals surface area contributed by atoms with Crippen LogP contribution >= 0.6 is 7.82 Å². The van der Waals surface area contributed by atoms with Crippen molar-refractivity contribution in [1.29, 1.82) is 0 Å². The van der Waals surface area contributed by atoms with Crippen LogP contribution in [0.4, 0.5) is 0 Å². The maximum absolute atomic E-state index is 10.4. The molecule has 7 N–H and O–H groups in total. The molecule has 8 nitrogen and oxygen atoms in total. The van der Waals surface area contributed by atoms with Gasteiger partial charge < -0.3 is 30.8 Å². The van der Waals surface area contributed by atoms with Crippen molar-refractivity contribution in [2.24, 2.45) is 11.7 Å². The van der Waals surface area contributed by atoms with Crippen LogP contribution in [0.1, 0.15) is 39.5 Å². The van der Waals surface area contributed by atoms with Gasteiger partial charge in [-0.2, -0.15) is 0 Å². The van der Waals surface area contributed by atoms with Gasteiger partial charge in [0.05, 0.1) is 32.0 Å². The predicted octanol–water partition coefficient (Wildman–Crippen LogP) is -0.0271. The third-order valence-electron chi connectivity index (χ3n) is 2.97. The molecule has 0 radical (unpaired) electrons. The molecular weight excluding hydrogens is 301 g/mol. The van der Waals surface area contributed by atoms with Crippen LogP contribution in [0.5, 0.6) is 0 Å². The Kier molecular flexibility index (Phi) is 13.8. The molecule has 21 heavy (non-hydrogen) atoms. The number of nitrogens with two attached hydrogens (primary N) is 1. The molecule has 0 bridgehead atoms. The van der Waals surface area contributed by atoms with Gasteiger partial charge in [-0.25, -0.2) is 4.57 Å². The molecule has 0 aliphatic rings. The second-order valence-electron chi connectivity index (χ2n) is 5.04. The van der Waals surface area contributed by atoms with Gasteiger partial charge in [0.1, 0.15) is 0 Å². The Morgan fingerprint density at radius 1 is 1.14 bits per heavy atom. The lowest BCUT2D eigenvalue weighted by atomic mass is 10.0. The van der Waals surface area contributed by atoms with E-state index < -0.39 is 33.2 Å². The van der Waals surface area contributed by atoms with E-state index in [4.69, 9.17) is 30.8 Å². The van der Waals surface area contributed by atoms with E-state index in [1.165, 1.54) is 0 Å². The zero-order valence-corrected chi connectivity index (χ0v) is 13.7. The van der Waals surface area contributed by atoms with Crippen LogP contribution in [0, 0.1) is 5.92 Å². The van der Waals surface area contributed by atoms with Gasteiger partial charge >= 0.3 is 7.82 Å². The quantitative estimate of drug-likeness (QED) is 0.305. The highest BCUT2D eigenvalue weighted by Gasteiger charge is 2.20. The Balaban J connectivity index is 0. The number of hydrogen-bond donors (Lipinski definition) is 6. The average molecular weight is 331 g/mol. The van der Waals surface area contributed by atoms with E-state index in [1.807, 2.05) is 6.92 Å². The minimum Gasteiger partial charge on any atom is -0.394 e. The molecule has 9 heteroatoms. The summed E-state index contributed by atoms with van der Waals surface area (Å²) in [5.41, 5.74) is 3.94. The molecule has 0 saturated carbocycles. The summed E-state index contributed by atoms with van der Waals surface area (Å²) in [4.78, 5) is 17.0. The lowest BCUT2D eigenvalue weighted by molar-refractivity contribution is 0.0697. The first-order valence-electron chi connectivity index (χ1n) is 6.99. The molecule has 0 spiro atoms. The van der Waals surface area contributed by atoms with E-state index >= 15 is 0 Å². The molecule has 0 amide bonds. The third-order valence-corrected chi connectivity index (χ3v) is 3.45. The lowest BCUT2D eigenvalue weighted by Gasteiger charge is -2.20. The molecule has 0 aliphatic heterocycles. The van der Waals surface area contributed by atoms with Gasteiger partial charge in [0, 0.05) is 0 Å².